The van der Waals surface area contributed by atoms with Crippen LogP contribution in [0.4, 0.5) is 18.3 Å². The van der Waals surface area contributed by atoms with E-state index in [9.17, 15) is 13.2 Å². The molecule has 1 aliphatic heterocycles. The summed E-state index contributed by atoms with van der Waals surface area (Å²) in [7, 11) is 0. The minimum Gasteiger partial charge on any atom is -0.360 e. The van der Waals surface area contributed by atoms with Crippen molar-refractivity contribution in [3.63, 3.8) is 0 Å². The van der Waals surface area contributed by atoms with Crippen LogP contribution in [0.5, 0.6) is 0 Å². The lowest BCUT2D eigenvalue weighted by molar-refractivity contribution is -0.144. The van der Waals surface area contributed by atoms with Crippen molar-refractivity contribution in [3.8, 4) is 0 Å². The van der Waals surface area contributed by atoms with E-state index in [4.69, 9.17) is 0 Å². The Morgan fingerprint density at radius 2 is 2.11 bits per heavy atom. The summed E-state index contributed by atoms with van der Waals surface area (Å²) in [5.41, 5.74) is 0. The molecule has 0 bridgehead atoms. The minimum atomic E-state index is -4.45. The fourth-order valence-corrected chi connectivity index (χ4v) is 3.04. The maximum atomic E-state index is 12.3. The molecule has 1 unspecified atom stereocenters. The van der Waals surface area contributed by atoms with Crippen molar-refractivity contribution in [2.75, 3.05) is 25.0 Å². The van der Waals surface area contributed by atoms with Gasteiger partial charge >= 0.3 is 6.18 Å². The van der Waals surface area contributed by atoms with Crippen LogP contribution in [0.15, 0.2) is 0 Å². The molecular formula is C11H15F3N4S. The van der Waals surface area contributed by atoms with Gasteiger partial charge in [0.15, 0.2) is 0 Å². The SMILES string of the molecule is FC(F)(F)c1nsc(NCC2CCN(C3CC3)C2)n1. The molecule has 0 aromatic carbocycles. The quantitative estimate of drug-likeness (QED) is 0.925. The van der Waals surface area contributed by atoms with E-state index in [0.717, 1.165) is 37.1 Å². The molecule has 1 saturated carbocycles. The first-order chi connectivity index (χ1) is 9.02. The Bertz CT molecular complexity index is 443. The van der Waals surface area contributed by atoms with Gasteiger partial charge in [0.25, 0.3) is 0 Å². The summed E-state index contributed by atoms with van der Waals surface area (Å²) in [6.45, 7) is 2.83. The molecule has 1 saturated heterocycles. The van der Waals surface area contributed by atoms with Gasteiger partial charge in [0.05, 0.1) is 0 Å². The topological polar surface area (TPSA) is 41.1 Å². The third kappa shape index (κ3) is 3.17. The van der Waals surface area contributed by atoms with Crippen molar-refractivity contribution >= 4 is 16.7 Å². The van der Waals surface area contributed by atoms with Crippen molar-refractivity contribution in [2.45, 2.75) is 31.5 Å². The fourth-order valence-electron chi connectivity index (χ4n) is 2.44. The number of halogens is 3. The number of nitrogens with zero attached hydrogens (tertiary/aromatic N) is 3. The van der Waals surface area contributed by atoms with Crippen molar-refractivity contribution in [3.05, 3.63) is 5.82 Å². The summed E-state index contributed by atoms with van der Waals surface area (Å²) in [6, 6.07) is 0.767. The molecule has 1 atom stereocenters. The molecule has 0 amide bonds. The molecule has 8 heteroatoms. The van der Waals surface area contributed by atoms with Crippen LogP contribution in [0, 0.1) is 5.92 Å². The molecule has 19 heavy (non-hydrogen) atoms. The van der Waals surface area contributed by atoms with Crippen molar-refractivity contribution < 1.29 is 13.2 Å². The Morgan fingerprint density at radius 1 is 1.32 bits per heavy atom. The molecule has 0 radical (unpaired) electrons. The molecule has 0 spiro atoms. The number of alkyl halides is 3. The average molecular weight is 292 g/mol. The van der Waals surface area contributed by atoms with E-state index in [1.165, 1.54) is 12.8 Å². The first-order valence-electron chi connectivity index (χ1n) is 6.41. The van der Waals surface area contributed by atoms with Crippen molar-refractivity contribution in [1.29, 1.82) is 0 Å². The largest absolute Gasteiger partial charge is 0.452 e. The van der Waals surface area contributed by atoms with Gasteiger partial charge in [-0.05, 0) is 31.7 Å². The van der Waals surface area contributed by atoms with Gasteiger partial charge < -0.3 is 10.2 Å². The number of hydrogen-bond donors (Lipinski definition) is 1. The molecule has 2 fully saturated rings. The smallest absolute Gasteiger partial charge is 0.360 e. The Morgan fingerprint density at radius 3 is 2.74 bits per heavy atom. The third-order valence-corrected chi connectivity index (χ3v) is 4.27. The molecule has 3 rings (SSSR count). The van der Waals surface area contributed by atoms with Crippen LogP contribution in [0.2, 0.25) is 0 Å². The zero-order valence-corrected chi connectivity index (χ0v) is 11.1. The second-order valence-electron chi connectivity index (χ2n) is 5.18. The van der Waals surface area contributed by atoms with Crippen molar-refractivity contribution in [1.82, 2.24) is 14.3 Å². The Hall–Kier alpha value is -0.890. The van der Waals surface area contributed by atoms with Crippen LogP contribution in [0.3, 0.4) is 0 Å². The molecule has 1 aromatic heterocycles. The molecule has 1 aromatic rings. The fraction of sp³-hybridized carbons (Fsp3) is 0.818. The maximum Gasteiger partial charge on any atom is 0.452 e. The van der Waals surface area contributed by atoms with Crippen LogP contribution >= 0.6 is 11.5 Å². The molecule has 106 valence electrons. The second kappa shape index (κ2) is 4.90. The van der Waals surface area contributed by atoms with Gasteiger partial charge in [0.2, 0.25) is 11.0 Å². The first kappa shape index (κ1) is 13.1. The Balaban J connectivity index is 1.48. The second-order valence-corrected chi connectivity index (χ2v) is 5.93. The van der Waals surface area contributed by atoms with Gasteiger partial charge in [-0.1, -0.05) is 0 Å². The van der Waals surface area contributed by atoms with E-state index in [0.29, 0.717) is 12.5 Å². The van der Waals surface area contributed by atoms with Gasteiger partial charge in [-0.2, -0.15) is 22.5 Å². The molecule has 1 N–H and O–H groups in total. The first-order valence-corrected chi connectivity index (χ1v) is 7.18. The number of anilines is 1. The molecule has 2 aliphatic rings. The normalized spacial score (nSPS) is 24.9. The van der Waals surface area contributed by atoms with Crippen molar-refractivity contribution in [2.24, 2.45) is 5.92 Å². The molecule has 4 nitrogen and oxygen atoms in total. The van der Waals surface area contributed by atoms with Crippen LogP contribution in [0.1, 0.15) is 25.1 Å². The van der Waals surface area contributed by atoms with E-state index < -0.39 is 12.0 Å². The standard InChI is InChI=1S/C11H15F3N4S/c12-11(13,14)9-16-10(19-17-9)15-5-7-3-4-18(6-7)8-1-2-8/h7-8H,1-6H2,(H,15,16,17). The van der Waals surface area contributed by atoms with Gasteiger partial charge in [-0.15, -0.1) is 0 Å². The third-order valence-electron chi connectivity index (χ3n) is 3.60. The van der Waals surface area contributed by atoms with E-state index in [2.05, 4.69) is 19.6 Å². The van der Waals surface area contributed by atoms with E-state index in [1.54, 1.807) is 0 Å². The zero-order chi connectivity index (χ0) is 13.5. The summed E-state index contributed by atoms with van der Waals surface area (Å²) in [6.07, 6.45) is -0.752. The van der Waals surface area contributed by atoms with Gasteiger partial charge in [-0.3, -0.25) is 0 Å². The van der Waals surface area contributed by atoms with E-state index in [1.807, 2.05) is 0 Å². The van der Waals surface area contributed by atoms with E-state index >= 15 is 0 Å². The van der Waals surface area contributed by atoms with Gasteiger partial charge in [-0.25, -0.2) is 0 Å². The summed E-state index contributed by atoms with van der Waals surface area (Å²) in [5, 5.41) is 3.24. The summed E-state index contributed by atoms with van der Waals surface area (Å²) in [4.78, 5) is 5.95. The zero-order valence-electron chi connectivity index (χ0n) is 10.3. The highest BCUT2D eigenvalue weighted by Gasteiger charge is 2.36. The summed E-state index contributed by atoms with van der Waals surface area (Å²) in [5.74, 6) is -0.551. The highest BCUT2D eigenvalue weighted by atomic mass is 32.1. The number of rotatable bonds is 4. The number of nitrogens with one attached hydrogen (secondary N) is 1. The molecule has 1 aliphatic carbocycles. The molecule has 2 heterocycles. The highest BCUT2D eigenvalue weighted by Crippen LogP contribution is 2.32. The predicted molar refractivity (Wildman–Crippen MR) is 66.1 cm³/mol. The van der Waals surface area contributed by atoms with Crippen LogP contribution in [0.25, 0.3) is 0 Å². The minimum absolute atomic E-state index is 0.261. The van der Waals surface area contributed by atoms with E-state index in [-0.39, 0.29) is 5.13 Å². The van der Waals surface area contributed by atoms with Gasteiger partial charge in [0.1, 0.15) is 0 Å². The summed E-state index contributed by atoms with van der Waals surface area (Å²) >= 11 is 0.773. The van der Waals surface area contributed by atoms with Crippen LogP contribution in [-0.2, 0) is 6.18 Å². The number of likely N-dealkylation sites (tertiary alicyclic amines) is 1. The Labute approximate surface area is 113 Å². The monoisotopic (exact) mass is 292 g/mol. The number of aromatic nitrogens is 2. The predicted octanol–water partition coefficient (Wildman–Crippen LogP) is 2.45. The highest BCUT2D eigenvalue weighted by molar-refractivity contribution is 7.09. The lowest BCUT2D eigenvalue weighted by atomic mass is 10.1. The van der Waals surface area contributed by atoms with Gasteiger partial charge in [0, 0.05) is 30.7 Å². The molecular weight excluding hydrogens is 277 g/mol. The average Bonchev–Trinajstić information content (AvgIpc) is 2.91. The van der Waals surface area contributed by atoms with Crippen LogP contribution < -0.4 is 5.32 Å². The summed E-state index contributed by atoms with van der Waals surface area (Å²) < 4.78 is 40.3. The Kier molecular flexibility index (Phi) is 3.38. The lowest BCUT2D eigenvalue weighted by Gasteiger charge is -2.14. The maximum absolute atomic E-state index is 12.3. The van der Waals surface area contributed by atoms with Crippen LogP contribution in [-0.4, -0.2) is 39.9 Å². The number of hydrogen-bond acceptors (Lipinski definition) is 5. The lowest BCUT2D eigenvalue weighted by Crippen LogP contribution is -2.24.